The molecule has 3 rings (SSSR count). The molecule has 0 saturated heterocycles. The molecule has 1 aromatic carbocycles. The summed E-state index contributed by atoms with van der Waals surface area (Å²) in [6.45, 7) is 4.29. The molecule has 1 N–H and O–H groups in total. The second-order valence-corrected chi connectivity index (χ2v) is 7.49. The molecule has 0 saturated carbocycles. The van der Waals surface area contributed by atoms with Crippen molar-refractivity contribution in [2.24, 2.45) is 0 Å². The van der Waals surface area contributed by atoms with Crippen molar-refractivity contribution in [2.45, 2.75) is 20.0 Å². The molecule has 6 nitrogen and oxygen atoms in total. The minimum Gasteiger partial charge on any atom is -0.461 e. The smallest absolute Gasteiger partial charge is 0.355 e. The lowest BCUT2D eigenvalue weighted by molar-refractivity contribution is -0.121. The topological polar surface area (TPSA) is 63.6 Å². The monoisotopic (exact) mass is 399 g/mol. The van der Waals surface area contributed by atoms with Crippen molar-refractivity contribution >= 4 is 33.4 Å². The minimum atomic E-state index is -0.402. The first-order valence-corrected chi connectivity index (χ1v) is 10.2. The number of fused-ring (bicyclic) bond motifs is 1. The number of carbonyl (C=O) groups excluding carboxylic acids is 2. The Labute approximate surface area is 168 Å². The van der Waals surface area contributed by atoms with Crippen LogP contribution in [0.3, 0.4) is 0 Å². The molecule has 0 aliphatic heterocycles. The predicted molar refractivity (Wildman–Crippen MR) is 112 cm³/mol. The van der Waals surface area contributed by atoms with E-state index in [1.54, 1.807) is 17.6 Å². The second-order valence-electron chi connectivity index (χ2n) is 6.59. The zero-order valence-corrected chi connectivity index (χ0v) is 17.0. The van der Waals surface area contributed by atoms with Gasteiger partial charge in [-0.1, -0.05) is 30.3 Å². The van der Waals surface area contributed by atoms with Gasteiger partial charge < -0.3 is 19.5 Å². The molecule has 0 fully saturated rings. The van der Waals surface area contributed by atoms with Crippen LogP contribution in [-0.2, 0) is 22.6 Å². The van der Waals surface area contributed by atoms with Gasteiger partial charge in [0, 0.05) is 25.0 Å². The van der Waals surface area contributed by atoms with E-state index in [0.717, 1.165) is 23.3 Å². The summed E-state index contributed by atoms with van der Waals surface area (Å²) in [4.78, 5) is 27.7. The van der Waals surface area contributed by atoms with E-state index >= 15 is 0 Å². The van der Waals surface area contributed by atoms with E-state index in [2.05, 4.69) is 22.3 Å². The molecule has 0 unspecified atom stereocenters. The molecular formula is C21H25N3O3S. The molecule has 0 atom stereocenters. The lowest BCUT2D eigenvalue weighted by Gasteiger charge is -2.17. The Balaban J connectivity index is 1.55. The molecule has 2 aromatic heterocycles. The van der Waals surface area contributed by atoms with E-state index in [1.807, 2.05) is 36.7 Å². The number of aromatic nitrogens is 1. The average Bonchev–Trinajstić information content (AvgIpc) is 3.25. The standard InChI is InChI=1S/C21H25N3O3S/c1-3-27-21(26)18-13-17-9-12-28-20(17)24(18)15-19(25)22-10-11-23(2)14-16-7-5-4-6-8-16/h4-9,12-13H,3,10-11,14-15H2,1-2H3,(H,22,25). The fraction of sp³-hybridized carbons (Fsp3) is 0.333. The molecular weight excluding hydrogens is 374 g/mol. The van der Waals surface area contributed by atoms with Crippen LogP contribution in [0, 0.1) is 0 Å². The minimum absolute atomic E-state index is 0.0978. The van der Waals surface area contributed by atoms with Crippen LogP contribution in [0.5, 0.6) is 0 Å². The molecule has 7 heteroatoms. The number of amides is 1. The third-order valence-corrected chi connectivity index (χ3v) is 5.35. The normalized spacial score (nSPS) is 11.1. The van der Waals surface area contributed by atoms with Crippen LogP contribution in [0.25, 0.3) is 10.2 Å². The SMILES string of the molecule is CCOC(=O)c1cc2ccsc2n1CC(=O)NCCN(C)Cc1ccccc1. The molecule has 0 spiro atoms. The number of carbonyl (C=O) groups is 2. The quantitative estimate of drug-likeness (QED) is 0.562. The van der Waals surface area contributed by atoms with Crippen LogP contribution in [0.1, 0.15) is 23.0 Å². The van der Waals surface area contributed by atoms with Gasteiger partial charge in [-0.15, -0.1) is 11.3 Å². The summed E-state index contributed by atoms with van der Waals surface area (Å²) in [5.41, 5.74) is 1.66. The Bertz CT molecular complexity index is 933. The summed E-state index contributed by atoms with van der Waals surface area (Å²) in [6, 6.07) is 13.9. The van der Waals surface area contributed by atoms with E-state index in [0.29, 0.717) is 18.8 Å². The van der Waals surface area contributed by atoms with Crippen LogP contribution in [0.2, 0.25) is 0 Å². The first-order chi connectivity index (χ1) is 13.6. The Morgan fingerprint density at radius 1 is 1.21 bits per heavy atom. The fourth-order valence-electron chi connectivity index (χ4n) is 3.07. The molecule has 28 heavy (non-hydrogen) atoms. The summed E-state index contributed by atoms with van der Waals surface area (Å²) in [7, 11) is 2.03. The van der Waals surface area contributed by atoms with Gasteiger partial charge in [0.2, 0.25) is 5.91 Å². The lowest BCUT2D eigenvalue weighted by Crippen LogP contribution is -2.35. The van der Waals surface area contributed by atoms with Crippen molar-refractivity contribution in [1.82, 2.24) is 14.8 Å². The molecule has 148 valence electrons. The number of hydrogen-bond acceptors (Lipinski definition) is 5. The van der Waals surface area contributed by atoms with Crippen molar-refractivity contribution in [2.75, 3.05) is 26.7 Å². The summed E-state index contributed by atoms with van der Waals surface area (Å²) in [6.07, 6.45) is 0. The Kier molecular flexibility index (Phi) is 6.84. The third-order valence-electron chi connectivity index (χ3n) is 4.40. The highest BCUT2D eigenvalue weighted by Crippen LogP contribution is 2.25. The zero-order chi connectivity index (χ0) is 19.9. The Morgan fingerprint density at radius 3 is 2.75 bits per heavy atom. The molecule has 0 aliphatic carbocycles. The van der Waals surface area contributed by atoms with Crippen LogP contribution in [0.4, 0.5) is 0 Å². The summed E-state index contributed by atoms with van der Waals surface area (Å²) < 4.78 is 6.86. The number of nitrogens with zero attached hydrogens (tertiary/aromatic N) is 2. The van der Waals surface area contributed by atoms with Crippen LogP contribution in [0.15, 0.2) is 47.8 Å². The van der Waals surface area contributed by atoms with Crippen molar-refractivity contribution in [3.8, 4) is 0 Å². The summed E-state index contributed by atoms with van der Waals surface area (Å²) in [5.74, 6) is -0.522. The molecule has 1 amide bonds. The Hall–Kier alpha value is -2.64. The number of thiophene rings is 1. The van der Waals surface area contributed by atoms with Gasteiger partial charge in [-0.2, -0.15) is 0 Å². The van der Waals surface area contributed by atoms with Gasteiger partial charge in [0.15, 0.2) is 0 Å². The van der Waals surface area contributed by atoms with Gasteiger partial charge in [0.25, 0.3) is 0 Å². The zero-order valence-electron chi connectivity index (χ0n) is 16.2. The van der Waals surface area contributed by atoms with E-state index in [4.69, 9.17) is 4.74 Å². The van der Waals surface area contributed by atoms with Crippen LogP contribution >= 0.6 is 11.3 Å². The third kappa shape index (κ3) is 4.99. The first-order valence-electron chi connectivity index (χ1n) is 9.31. The van der Waals surface area contributed by atoms with Crippen LogP contribution < -0.4 is 5.32 Å². The highest BCUT2D eigenvalue weighted by atomic mass is 32.1. The number of nitrogens with one attached hydrogen (secondary N) is 1. The molecule has 3 aromatic rings. The van der Waals surface area contributed by atoms with E-state index < -0.39 is 5.97 Å². The number of hydrogen-bond donors (Lipinski definition) is 1. The van der Waals surface area contributed by atoms with Gasteiger partial charge in [-0.3, -0.25) is 4.79 Å². The highest BCUT2D eigenvalue weighted by molar-refractivity contribution is 7.16. The maximum atomic E-state index is 12.5. The molecule has 0 aliphatic rings. The van der Waals surface area contributed by atoms with E-state index in [1.165, 1.54) is 16.9 Å². The Morgan fingerprint density at radius 2 is 2.00 bits per heavy atom. The van der Waals surface area contributed by atoms with Crippen LogP contribution in [-0.4, -0.2) is 48.1 Å². The fourth-order valence-corrected chi connectivity index (χ4v) is 3.96. The maximum Gasteiger partial charge on any atom is 0.355 e. The lowest BCUT2D eigenvalue weighted by atomic mass is 10.2. The van der Waals surface area contributed by atoms with Crippen molar-refractivity contribution in [3.63, 3.8) is 0 Å². The molecule has 0 radical (unpaired) electrons. The van der Waals surface area contributed by atoms with Gasteiger partial charge in [-0.25, -0.2) is 4.79 Å². The first kappa shape index (κ1) is 20.1. The van der Waals surface area contributed by atoms with Gasteiger partial charge >= 0.3 is 5.97 Å². The number of esters is 1. The van der Waals surface area contributed by atoms with Crippen molar-refractivity contribution < 1.29 is 14.3 Å². The molecule has 2 heterocycles. The van der Waals surface area contributed by atoms with E-state index in [9.17, 15) is 9.59 Å². The van der Waals surface area contributed by atoms with Gasteiger partial charge in [0.1, 0.15) is 17.1 Å². The number of likely N-dealkylation sites (N-methyl/N-ethyl adjacent to an activating group) is 1. The number of ether oxygens (including phenoxy) is 1. The second kappa shape index (κ2) is 9.52. The average molecular weight is 400 g/mol. The highest BCUT2D eigenvalue weighted by Gasteiger charge is 2.19. The van der Waals surface area contributed by atoms with Gasteiger partial charge in [-0.05, 0) is 37.0 Å². The van der Waals surface area contributed by atoms with Crippen molar-refractivity contribution in [3.05, 3.63) is 59.1 Å². The predicted octanol–water partition coefficient (Wildman–Crippen LogP) is 3.13. The summed E-state index contributed by atoms with van der Waals surface area (Å²) in [5, 5.41) is 5.84. The largest absolute Gasteiger partial charge is 0.461 e. The number of benzene rings is 1. The number of rotatable bonds is 9. The van der Waals surface area contributed by atoms with Gasteiger partial charge in [0.05, 0.1) is 6.61 Å². The maximum absolute atomic E-state index is 12.5. The van der Waals surface area contributed by atoms with Crippen molar-refractivity contribution in [1.29, 1.82) is 0 Å². The molecule has 0 bridgehead atoms. The summed E-state index contributed by atoms with van der Waals surface area (Å²) >= 11 is 1.51. The van der Waals surface area contributed by atoms with E-state index in [-0.39, 0.29) is 12.5 Å².